The van der Waals surface area contributed by atoms with Gasteiger partial charge in [-0.3, -0.25) is 4.79 Å². The summed E-state index contributed by atoms with van der Waals surface area (Å²) >= 11 is 0. The molecule has 0 aliphatic carbocycles. The minimum absolute atomic E-state index is 0.00510. The van der Waals surface area contributed by atoms with Crippen molar-refractivity contribution in [3.8, 4) is 0 Å². The van der Waals surface area contributed by atoms with Crippen LogP contribution in [0, 0.1) is 6.92 Å². The fraction of sp³-hybridized carbons (Fsp3) is 0.368. The van der Waals surface area contributed by atoms with Gasteiger partial charge in [-0.25, -0.2) is 4.79 Å². The van der Waals surface area contributed by atoms with Crippen molar-refractivity contribution in [3.63, 3.8) is 0 Å². The van der Waals surface area contributed by atoms with Crippen molar-refractivity contribution >= 4 is 11.9 Å². The van der Waals surface area contributed by atoms with E-state index in [9.17, 15) is 9.59 Å². The number of rotatable bonds is 4. The number of fused-ring (bicyclic) bond motifs is 1. The molecular weight excluding hydrogens is 316 g/mol. The van der Waals surface area contributed by atoms with Gasteiger partial charge in [0.2, 0.25) is 5.91 Å². The van der Waals surface area contributed by atoms with Crippen molar-refractivity contribution in [3.05, 3.63) is 59.4 Å². The van der Waals surface area contributed by atoms with E-state index in [1.165, 1.54) is 0 Å². The van der Waals surface area contributed by atoms with Crippen molar-refractivity contribution in [2.24, 2.45) is 0 Å². The van der Waals surface area contributed by atoms with Crippen molar-refractivity contribution in [1.82, 2.24) is 20.1 Å². The Hall–Kier alpha value is -2.76. The van der Waals surface area contributed by atoms with Crippen LogP contribution in [0.1, 0.15) is 29.8 Å². The maximum atomic E-state index is 12.8. The number of aryl methyl sites for hydroxylation is 1. The van der Waals surface area contributed by atoms with Crippen LogP contribution in [0.25, 0.3) is 0 Å². The molecule has 1 aromatic heterocycles. The predicted molar refractivity (Wildman–Crippen MR) is 96.2 cm³/mol. The molecule has 1 aromatic carbocycles. The molecule has 2 aromatic rings. The van der Waals surface area contributed by atoms with Gasteiger partial charge in [0.05, 0.1) is 12.6 Å². The van der Waals surface area contributed by atoms with Crippen LogP contribution >= 0.6 is 0 Å². The third-order valence-corrected chi connectivity index (χ3v) is 4.45. The number of nitrogens with one attached hydrogen (secondary N) is 2. The number of amides is 3. The highest BCUT2D eigenvalue weighted by molar-refractivity contribution is 5.84. The van der Waals surface area contributed by atoms with Gasteiger partial charge in [0.1, 0.15) is 0 Å². The molecule has 1 aliphatic heterocycles. The van der Waals surface area contributed by atoms with Gasteiger partial charge in [-0.1, -0.05) is 29.8 Å². The first-order valence-corrected chi connectivity index (χ1v) is 8.63. The summed E-state index contributed by atoms with van der Waals surface area (Å²) in [4.78, 5) is 26.2. The third-order valence-electron chi connectivity index (χ3n) is 4.45. The predicted octanol–water partition coefficient (Wildman–Crippen LogP) is 2.05. The molecule has 0 saturated heterocycles. The van der Waals surface area contributed by atoms with E-state index in [0.717, 1.165) is 23.4 Å². The molecule has 3 amide bonds. The first-order valence-electron chi connectivity index (χ1n) is 8.63. The number of urea groups is 1. The molecule has 3 rings (SSSR count). The molecule has 0 fully saturated rings. The topological polar surface area (TPSA) is 66.4 Å². The molecular formula is C19H24N4O2. The average Bonchev–Trinajstić information content (AvgIpc) is 3.07. The Labute approximate surface area is 147 Å². The lowest BCUT2D eigenvalue weighted by molar-refractivity contribution is -0.132. The van der Waals surface area contributed by atoms with Crippen LogP contribution in [-0.4, -0.2) is 41.0 Å². The first kappa shape index (κ1) is 17.1. The molecule has 0 saturated carbocycles. The van der Waals surface area contributed by atoms with E-state index in [-0.39, 0.29) is 24.5 Å². The summed E-state index contributed by atoms with van der Waals surface area (Å²) in [5.74, 6) is -0.0785. The smallest absolute Gasteiger partial charge is 0.315 e. The summed E-state index contributed by atoms with van der Waals surface area (Å²) in [6.07, 6.45) is 2.05. The second-order valence-corrected chi connectivity index (χ2v) is 6.24. The van der Waals surface area contributed by atoms with Crippen LogP contribution in [-0.2, 0) is 11.3 Å². The molecule has 0 spiro atoms. The average molecular weight is 340 g/mol. The Kier molecular flexibility index (Phi) is 5.07. The monoisotopic (exact) mass is 340 g/mol. The standard InChI is InChI=1S/C19H24N4O2/c1-3-20-19(25)21-13-17(24)23-11-10-22-9-5-8-16(22)18(23)15-7-4-6-14(2)12-15/h4-9,12,18H,3,10-11,13H2,1-2H3,(H2,20,21,25). The number of benzene rings is 1. The van der Waals surface area contributed by atoms with Gasteiger partial charge in [0, 0.05) is 31.5 Å². The summed E-state index contributed by atoms with van der Waals surface area (Å²) in [6, 6.07) is 11.9. The highest BCUT2D eigenvalue weighted by atomic mass is 16.2. The van der Waals surface area contributed by atoms with E-state index in [2.05, 4.69) is 33.4 Å². The molecule has 2 heterocycles. The summed E-state index contributed by atoms with van der Waals surface area (Å²) in [6.45, 7) is 5.80. The van der Waals surface area contributed by atoms with Gasteiger partial charge >= 0.3 is 6.03 Å². The zero-order valence-electron chi connectivity index (χ0n) is 14.7. The number of carbonyl (C=O) groups excluding carboxylic acids is 2. The summed E-state index contributed by atoms with van der Waals surface area (Å²) in [7, 11) is 0. The first-order chi connectivity index (χ1) is 12.1. The normalized spacial score (nSPS) is 16.2. The maximum absolute atomic E-state index is 12.8. The number of nitrogens with zero attached hydrogens (tertiary/aromatic N) is 2. The van der Waals surface area contributed by atoms with Gasteiger partial charge in [-0.2, -0.15) is 0 Å². The van der Waals surface area contributed by atoms with Gasteiger partial charge in [-0.05, 0) is 31.5 Å². The van der Waals surface area contributed by atoms with Gasteiger partial charge in [0.25, 0.3) is 0 Å². The highest BCUT2D eigenvalue weighted by Gasteiger charge is 2.32. The fourth-order valence-corrected chi connectivity index (χ4v) is 3.32. The van der Waals surface area contributed by atoms with Crippen LogP contribution in [0.5, 0.6) is 0 Å². The Bertz CT molecular complexity index is 768. The summed E-state index contributed by atoms with van der Waals surface area (Å²) < 4.78 is 2.19. The fourth-order valence-electron chi connectivity index (χ4n) is 3.32. The molecule has 1 aliphatic rings. The largest absolute Gasteiger partial charge is 0.348 e. The maximum Gasteiger partial charge on any atom is 0.315 e. The summed E-state index contributed by atoms with van der Waals surface area (Å²) in [5, 5.41) is 5.27. The van der Waals surface area contributed by atoms with Crippen molar-refractivity contribution < 1.29 is 9.59 Å². The number of aromatic nitrogens is 1. The van der Waals surface area contributed by atoms with E-state index >= 15 is 0 Å². The van der Waals surface area contributed by atoms with E-state index in [4.69, 9.17) is 0 Å². The van der Waals surface area contributed by atoms with Gasteiger partial charge in [-0.15, -0.1) is 0 Å². The van der Waals surface area contributed by atoms with Gasteiger partial charge in [0.15, 0.2) is 0 Å². The van der Waals surface area contributed by atoms with E-state index in [1.807, 2.05) is 43.1 Å². The van der Waals surface area contributed by atoms with Crippen LogP contribution in [0.4, 0.5) is 4.79 Å². The minimum atomic E-state index is -0.316. The number of hydrogen-bond acceptors (Lipinski definition) is 2. The Balaban J connectivity index is 1.84. The van der Waals surface area contributed by atoms with Crippen molar-refractivity contribution in [2.45, 2.75) is 26.4 Å². The lowest BCUT2D eigenvalue weighted by atomic mass is 9.98. The van der Waals surface area contributed by atoms with Crippen molar-refractivity contribution in [2.75, 3.05) is 19.6 Å². The van der Waals surface area contributed by atoms with Crippen LogP contribution in [0.2, 0.25) is 0 Å². The van der Waals surface area contributed by atoms with E-state index in [1.54, 1.807) is 0 Å². The van der Waals surface area contributed by atoms with Crippen LogP contribution < -0.4 is 10.6 Å². The second kappa shape index (κ2) is 7.42. The quantitative estimate of drug-likeness (QED) is 0.894. The molecule has 2 N–H and O–H groups in total. The molecule has 0 bridgehead atoms. The number of hydrogen-bond donors (Lipinski definition) is 2. The lowest BCUT2D eigenvalue weighted by Crippen LogP contribution is -2.48. The Morgan fingerprint density at radius 2 is 2.00 bits per heavy atom. The Morgan fingerprint density at radius 1 is 1.16 bits per heavy atom. The second-order valence-electron chi connectivity index (χ2n) is 6.24. The van der Waals surface area contributed by atoms with E-state index in [0.29, 0.717) is 13.1 Å². The zero-order chi connectivity index (χ0) is 17.8. The van der Waals surface area contributed by atoms with Crippen LogP contribution in [0.15, 0.2) is 42.6 Å². The van der Waals surface area contributed by atoms with E-state index < -0.39 is 0 Å². The summed E-state index contributed by atoms with van der Waals surface area (Å²) in [5.41, 5.74) is 3.35. The molecule has 6 heteroatoms. The number of carbonyl (C=O) groups is 2. The molecule has 25 heavy (non-hydrogen) atoms. The lowest BCUT2D eigenvalue weighted by Gasteiger charge is -2.37. The van der Waals surface area contributed by atoms with Crippen LogP contribution in [0.3, 0.4) is 0 Å². The highest BCUT2D eigenvalue weighted by Crippen LogP contribution is 2.32. The molecule has 1 unspecified atom stereocenters. The Morgan fingerprint density at radius 3 is 2.76 bits per heavy atom. The minimum Gasteiger partial charge on any atom is -0.348 e. The molecule has 1 atom stereocenters. The molecule has 6 nitrogen and oxygen atoms in total. The molecule has 132 valence electrons. The third kappa shape index (κ3) is 3.68. The molecule has 0 radical (unpaired) electrons. The van der Waals surface area contributed by atoms with Gasteiger partial charge < -0.3 is 20.1 Å². The zero-order valence-corrected chi connectivity index (χ0v) is 14.7. The van der Waals surface area contributed by atoms with Crippen molar-refractivity contribution in [1.29, 1.82) is 0 Å². The SMILES string of the molecule is CCNC(=O)NCC(=O)N1CCn2cccc2C1c1cccc(C)c1.